The molecule has 10 heteroatoms. The molecule has 0 radical (unpaired) electrons. The molecule has 0 N–H and O–H groups in total. The molecule has 1 aliphatic heterocycles. The van der Waals surface area contributed by atoms with Gasteiger partial charge in [-0.15, -0.1) is 11.3 Å². The van der Waals surface area contributed by atoms with Crippen molar-refractivity contribution in [2.24, 2.45) is 0 Å². The van der Waals surface area contributed by atoms with E-state index < -0.39 is 9.84 Å². The lowest BCUT2D eigenvalue weighted by Crippen LogP contribution is -2.46. The average molecular weight is 508 g/mol. The van der Waals surface area contributed by atoms with E-state index in [2.05, 4.69) is 43.4 Å². The Labute approximate surface area is 205 Å². The highest BCUT2D eigenvalue weighted by Crippen LogP contribution is 2.26. The maximum atomic E-state index is 11.8. The van der Waals surface area contributed by atoms with Gasteiger partial charge >= 0.3 is 0 Å². The first kappa shape index (κ1) is 24.2. The van der Waals surface area contributed by atoms with E-state index in [1.54, 1.807) is 18.3 Å². The van der Waals surface area contributed by atoms with Gasteiger partial charge in [0.05, 0.1) is 23.8 Å². The summed E-state index contributed by atoms with van der Waals surface area (Å²) in [4.78, 5) is 14.7. The van der Waals surface area contributed by atoms with Crippen LogP contribution in [0, 0.1) is 0 Å². The Morgan fingerprint density at radius 1 is 1.12 bits per heavy atom. The second-order valence-corrected chi connectivity index (χ2v) is 12.4. The van der Waals surface area contributed by atoms with Crippen molar-refractivity contribution >= 4 is 37.9 Å². The lowest BCUT2D eigenvalue weighted by Gasteiger charge is -2.34. The van der Waals surface area contributed by atoms with E-state index in [9.17, 15) is 8.42 Å². The number of benzene rings is 1. The SMILES string of the molecule is CCS(=O)(=O)CCc1cnc(N2CCN(Cc3cncn3C(C)c3ccc(Cl)cc3)CC2)s1. The van der Waals surface area contributed by atoms with Gasteiger partial charge in [-0.25, -0.2) is 18.4 Å². The molecule has 1 fully saturated rings. The van der Waals surface area contributed by atoms with Crippen LogP contribution in [0.1, 0.15) is 36.0 Å². The highest BCUT2D eigenvalue weighted by atomic mass is 35.5. The van der Waals surface area contributed by atoms with Crippen LogP contribution in [-0.4, -0.2) is 65.5 Å². The van der Waals surface area contributed by atoms with Gasteiger partial charge in [-0.1, -0.05) is 30.7 Å². The van der Waals surface area contributed by atoms with E-state index in [1.165, 1.54) is 11.3 Å². The van der Waals surface area contributed by atoms with Gasteiger partial charge in [-0.05, 0) is 31.0 Å². The van der Waals surface area contributed by atoms with E-state index in [1.807, 2.05) is 30.9 Å². The number of nitrogens with zero attached hydrogens (tertiary/aromatic N) is 5. The summed E-state index contributed by atoms with van der Waals surface area (Å²) < 4.78 is 25.8. The molecule has 1 saturated heterocycles. The van der Waals surface area contributed by atoms with E-state index in [4.69, 9.17) is 11.6 Å². The lowest BCUT2D eigenvalue weighted by atomic mass is 10.1. The summed E-state index contributed by atoms with van der Waals surface area (Å²) in [5.41, 5.74) is 2.40. The number of aromatic nitrogens is 3. The fraction of sp³-hybridized carbons (Fsp3) is 0.478. The molecule has 0 spiro atoms. The molecule has 0 saturated carbocycles. The molecule has 1 unspecified atom stereocenters. The smallest absolute Gasteiger partial charge is 0.185 e. The van der Waals surface area contributed by atoms with Gasteiger partial charge in [-0.3, -0.25) is 4.90 Å². The summed E-state index contributed by atoms with van der Waals surface area (Å²) in [6.45, 7) is 8.42. The maximum Gasteiger partial charge on any atom is 0.185 e. The molecule has 3 aromatic rings. The molecule has 1 atom stereocenters. The molecular weight excluding hydrogens is 478 g/mol. The number of imidazole rings is 1. The van der Waals surface area contributed by atoms with Crippen molar-refractivity contribution in [3.63, 3.8) is 0 Å². The number of halogens is 1. The minimum atomic E-state index is -2.95. The van der Waals surface area contributed by atoms with Crippen molar-refractivity contribution < 1.29 is 8.42 Å². The number of anilines is 1. The highest BCUT2D eigenvalue weighted by Gasteiger charge is 2.22. The molecule has 2 aromatic heterocycles. The largest absolute Gasteiger partial charge is 0.346 e. The number of thiazole rings is 1. The van der Waals surface area contributed by atoms with Gasteiger partial charge in [0.25, 0.3) is 0 Å². The predicted molar refractivity (Wildman–Crippen MR) is 135 cm³/mol. The maximum absolute atomic E-state index is 11.8. The summed E-state index contributed by atoms with van der Waals surface area (Å²) in [7, 11) is -2.95. The minimum Gasteiger partial charge on any atom is -0.346 e. The zero-order chi connectivity index (χ0) is 23.4. The number of sulfone groups is 1. The number of hydrogen-bond acceptors (Lipinski definition) is 7. The van der Waals surface area contributed by atoms with Gasteiger partial charge in [0.15, 0.2) is 5.13 Å². The number of rotatable bonds is 9. The van der Waals surface area contributed by atoms with Crippen LogP contribution < -0.4 is 4.90 Å². The summed E-state index contributed by atoms with van der Waals surface area (Å²) >= 11 is 7.65. The van der Waals surface area contributed by atoms with Crippen LogP contribution in [0.5, 0.6) is 0 Å². The molecule has 0 bridgehead atoms. The van der Waals surface area contributed by atoms with E-state index in [0.29, 0.717) is 6.42 Å². The Hall–Kier alpha value is -1.94. The Bertz CT molecular complexity index is 1150. The summed E-state index contributed by atoms with van der Waals surface area (Å²) in [5, 5.41) is 1.73. The second kappa shape index (κ2) is 10.5. The first-order valence-electron chi connectivity index (χ1n) is 11.2. The summed E-state index contributed by atoms with van der Waals surface area (Å²) in [6, 6.07) is 8.17. The fourth-order valence-electron chi connectivity index (χ4n) is 3.99. The van der Waals surface area contributed by atoms with Gasteiger partial charge < -0.3 is 9.47 Å². The van der Waals surface area contributed by atoms with Crippen molar-refractivity contribution in [2.45, 2.75) is 32.9 Å². The van der Waals surface area contributed by atoms with Crippen molar-refractivity contribution in [2.75, 3.05) is 42.6 Å². The van der Waals surface area contributed by atoms with E-state index in [-0.39, 0.29) is 17.5 Å². The minimum absolute atomic E-state index is 0.186. The zero-order valence-electron chi connectivity index (χ0n) is 19.0. The Morgan fingerprint density at radius 2 is 1.85 bits per heavy atom. The average Bonchev–Trinajstić information content (AvgIpc) is 3.48. The monoisotopic (exact) mass is 507 g/mol. The molecule has 7 nitrogen and oxygen atoms in total. The zero-order valence-corrected chi connectivity index (χ0v) is 21.4. The Morgan fingerprint density at radius 3 is 2.55 bits per heavy atom. The lowest BCUT2D eigenvalue weighted by molar-refractivity contribution is 0.243. The van der Waals surface area contributed by atoms with E-state index >= 15 is 0 Å². The summed E-state index contributed by atoms with van der Waals surface area (Å²) in [5.74, 6) is 0.388. The fourth-order valence-corrected chi connectivity index (χ4v) is 6.03. The van der Waals surface area contributed by atoms with Crippen molar-refractivity contribution in [3.8, 4) is 0 Å². The molecule has 1 aliphatic rings. The first-order valence-corrected chi connectivity index (χ1v) is 14.2. The second-order valence-electron chi connectivity index (χ2n) is 8.38. The molecule has 3 heterocycles. The number of piperazine rings is 1. The third-order valence-corrected chi connectivity index (χ3v) is 9.26. The van der Waals surface area contributed by atoms with Crippen LogP contribution in [0.3, 0.4) is 0 Å². The molecule has 0 amide bonds. The van der Waals surface area contributed by atoms with Crippen molar-refractivity contribution in [1.29, 1.82) is 0 Å². The standard InChI is InChI=1S/C23H30ClN5O2S2/c1-3-33(30,31)13-8-22-15-26-23(32-22)28-11-9-27(10-12-28)16-21-14-25-17-29(21)18(2)19-4-6-20(24)7-5-19/h4-7,14-15,17-18H,3,8-13,16H2,1-2H3. The van der Waals surface area contributed by atoms with Crippen molar-refractivity contribution in [3.05, 3.63) is 64.1 Å². The Balaban J connectivity index is 1.32. The first-order chi connectivity index (χ1) is 15.8. The predicted octanol–water partition coefficient (Wildman–Crippen LogP) is 3.90. The van der Waals surface area contributed by atoms with Crippen LogP contribution in [0.25, 0.3) is 0 Å². The highest BCUT2D eigenvalue weighted by molar-refractivity contribution is 7.91. The molecule has 178 valence electrons. The van der Waals surface area contributed by atoms with Crippen molar-refractivity contribution in [1.82, 2.24) is 19.4 Å². The number of hydrogen-bond donors (Lipinski definition) is 0. The topological polar surface area (TPSA) is 71.3 Å². The Kier molecular flexibility index (Phi) is 7.73. The van der Waals surface area contributed by atoms with Gasteiger partial charge in [0.2, 0.25) is 0 Å². The van der Waals surface area contributed by atoms with Crippen LogP contribution >= 0.6 is 22.9 Å². The van der Waals surface area contributed by atoms with Crippen LogP contribution in [0.15, 0.2) is 43.0 Å². The number of aryl methyl sites for hydroxylation is 1. The third-order valence-electron chi connectivity index (χ3n) is 6.19. The molecule has 1 aromatic carbocycles. The van der Waals surface area contributed by atoms with E-state index in [0.717, 1.165) is 47.8 Å². The van der Waals surface area contributed by atoms with Gasteiger partial charge in [0, 0.05) is 60.8 Å². The third kappa shape index (κ3) is 6.15. The molecule has 4 rings (SSSR count). The van der Waals surface area contributed by atoms with Crippen LogP contribution in [0.4, 0.5) is 5.13 Å². The molecule has 33 heavy (non-hydrogen) atoms. The van der Waals surface area contributed by atoms with Crippen LogP contribution in [0.2, 0.25) is 5.02 Å². The van der Waals surface area contributed by atoms with Gasteiger partial charge in [-0.2, -0.15) is 0 Å². The normalized spacial score (nSPS) is 16.3. The molecule has 0 aliphatic carbocycles. The van der Waals surface area contributed by atoms with Gasteiger partial charge in [0.1, 0.15) is 9.84 Å². The molecular formula is C23H30ClN5O2S2. The quantitative estimate of drug-likeness (QED) is 0.437. The van der Waals surface area contributed by atoms with Crippen LogP contribution in [-0.2, 0) is 22.8 Å². The summed E-state index contributed by atoms with van der Waals surface area (Å²) in [6.07, 6.45) is 6.23.